The Hall–Kier alpha value is -1.40. The second-order valence-electron chi connectivity index (χ2n) is 3.38. The Balaban J connectivity index is 2.33. The number of aliphatic hydroxyl groups is 1. The number of rotatable bonds is 1. The van der Waals surface area contributed by atoms with E-state index >= 15 is 0 Å². The molecule has 1 aromatic heterocycles. The number of nitrogens with one attached hydrogen (secondary N) is 3. The van der Waals surface area contributed by atoms with Crippen molar-refractivity contribution in [3.8, 4) is 0 Å². The molecule has 14 heavy (non-hydrogen) atoms. The monoisotopic (exact) mass is 197 g/mol. The summed E-state index contributed by atoms with van der Waals surface area (Å²) in [5.74, 6) is 0. The van der Waals surface area contributed by atoms with Crippen molar-refractivity contribution in [2.24, 2.45) is 0 Å². The van der Waals surface area contributed by atoms with Gasteiger partial charge in [0.15, 0.2) is 0 Å². The summed E-state index contributed by atoms with van der Waals surface area (Å²) in [4.78, 5) is 26.6. The third kappa shape index (κ3) is 1.61. The van der Waals surface area contributed by atoms with Crippen LogP contribution in [-0.2, 0) is 0 Å². The van der Waals surface area contributed by atoms with E-state index in [-0.39, 0.29) is 6.04 Å². The first-order valence-electron chi connectivity index (χ1n) is 4.40. The minimum Gasteiger partial charge on any atom is -0.392 e. The average Bonchev–Trinajstić information content (AvgIpc) is 2.51. The van der Waals surface area contributed by atoms with Crippen LogP contribution in [0.15, 0.2) is 15.8 Å². The molecule has 6 nitrogen and oxygen atoms in total. The van der Waals surface area contributed by atoms with Crippen molar-refractivity contribution >= 4 is 0 Å². The molecule has 0 aliphatic carbocycles. The lowest BCUT2D eigenvalue weighted by molar-refractivity contribution is 0.193. The first kappa shape index (κ1) is 9.17. The summed E-state index contributed by atoms with van der Waals surface area (Å²) in [6.07, 6.45) is 1.46. The Labute approximate surface area is 79.0 Å². The standard InChI is InChI=1S/C8H11N3O3/c12-4-1-6(9-2-4)5-3-10-8(14)11-7(5)13/h3-4,6,9,12H,1-2H2,(H2,10,11,13,14)/t4-,6-/m0/s1. The molecule has 2 heterocycles. The molecule has 0 aromatic carbocycles. The lowest BCUT2D eigenvalue weighted by Crippen LogP contribution is -2.28. The molecule has 6 heteroatoms. The van der Waals surface area contributed by atoms with Crippen LogP contribution in [-0.4, -0.2) is 27.7 Å². The van der Waals surface area contributed by atoms with Crippen LogP contribution in [0.4, 0.5) is 0 Å². The maximum atomic E-state index is 11.3. The molecule has 0 saturated carbocycles. The summed E-state index contributed by atoms with van der Waals surface area (Å²) in [5, 5.41) is 12.3. The summed E-state index contributed by atoms with van der Waals surface area (Å²) < 4.78 is 0. The maximum absolute atomic E-state index is 11.3. The predicted molar refractivity (Wildman–Crippen MR) is 49.1 cm³/mol. The van der Waals surface area contributed by atoms with Gasteiger partial charge in [-0.2, -0.15) is 0 Å². The molecule has 1 aromatic rings. The van der Waals surface area contributed by atoms with Gasteiger partial charge in [0.1, 0.15) is 0 Å². The van der Waals surface area contributed by atoms with Gasteiger partial charge in [0.25, 0.3) is 5.56 Å². The molecule has 1 fully saturated rings. The fraction of sp³-hybridized carbons (Fsp3) is 0.500. The van der Waals surface area contributed by atoms with Gasteiger partial charge >= 0.3 is 5.69 Å². The van der Waals surface area contributed by atoms with Crippen molar-refractivity contribution in [2.45, 2.75) is 18.6 Å². The first-order valence-corrected chi connectivity index (χ1v) is 4.40. The van der Waals surface area contributed by atoms with E-state index in [1.165, 1.54) is 6.20 Å². The number of aromatic amines is 2. The van der Waals surface area contributed by atoms with Gasteiger partial charge in [0, 0.05) is 18.8 Å². The van der Waals surface area contributed by atoms with Crippen LogP contribution in [0, 0.1) is 0 Å². The number of aromatic nitrogens is 2. The summed E-state index contributed by atoms with van der Waals surface area (Å²) in [7, 11) is 0. The van der Waals surface area contributed by atoms with Crippen LogP contribution in [0.5, 0.6) is 0 Å². The number of H-pyrrole nitrogens is 2. The van der Waals surface area contributed by atoms with Crippen molar-refractivity contribution in [1.82, 2.24) is 15.3 Å². The third-order valence-electron chi connectivity index (χ3n) is 2.33. The molecule has 4 N–H and O–H groups in total. The average molecular weight is 197 g/mol. The quantitative estimate of drug-likeness (QED) is 0.438. The first-order chi connectivity index (χ1) is 6.66. The molecule has 0 unspecified atom stereocenters. The van der Waals surface area contributed by atoms with Crippen molar-refractivity contribution in [2.75, 3.05) is 6.54 Å². The fourth-order valence-electron chi connectivity index (χ4n) is 1.63. The van der Waals surface area contributed by atoms with E-state index in [0.29, 0.717) is 18.5 Å². The van der Waals surface area contributed by atoms with E-state index in [1.807, 2.05) is 0 Å². The molecule has 1 aliphatic heterocycles. The number of β-amino-alcohol motifs (C(OH)–C–C–N with tert-alkyl or cyclic N) is 1. The largest absolute Gasteiger partial charge is 0.392 e. The van der Waals surface area contributed by atoms with Gasteiger partial charge in [-0.1, -0.05) is 0 Å². The summed E-state index contributed by atoms with van der Waals surface area (Å²) in [6.45, 7) is 0.475. The second kappa shape index (κ2) is 3.39. The third-order valence-corrected chi connectivity index (χ3v) is 2.33. The van der Waals surface area contributed by atoms with E-state index in [2.05, 4.69) is 15.3 Å². The number of aliphatic hydroxyl groups excluding tert-OH is 1. The molecule has 0 radical (unpaired) electrons. The minimum absolute atomic E-state index is 0.175. The lowest BCUT2D eigenvalue weighted by atomic mass is 10.1. The van der Waals surface area contributed by atoms with Crippen LogP contribution >= 0.6 is 0 Å². The molecule has 1 saturated heterocycles. The van der Waals surface area contributed by atoms with Gasteiger partial charge in [0.2, 0.25) is 0 Å². The molecule has 0 spiro atoms. The minimum atomic E-state index is -0.516. The fourth-order valence-corrected chi connectivity index (χ4v) is 1.63. The SMILES string of the molecule is O=c1[nH]cc([C@@H]2C[C@H](O)CN2)c(=O)[nH]1. The summed E-state index contributed by atoms with van der Waals surface area (Å²) in [5.41, 5.74) is -0.459. The van der Waals surface area contributed by atoms with Gasteiger partial charge in [-0.25, -0.2) is 4.79 Å². The lowest BCUT2D eigenvalue weighted by Gasteiger charge is -2.07. The Morgan fingerprint density at radius 3 is 2.79 bits per heavy atom. The highest BCUT2D eigenvalue weighted by molar-refractivity contribution is 5.12. The Morgan fingerprint density at radius 2 is 2.21 bits per heavy atom. The van der Waals surface area contributed by atoms with Crippen molar-refractivity contribution < 1.29 is 5.11 Å². The zero-order valence-corrected chi connectivity index (χ0v) is 7.41. The summed E-state index contributed by atoms with van der Waals surface area (Å²) >= 11 is 0. The van der Waals surface area contributed by atoms with E-state index in [9.17, 15) is 14.7 Å². The zero-order chi connectivity index (χ0) is 10.1. The van der Waals surface area contributed by atoms with E-state index in [0.717, 1.165) is 0 Å². The van der Waals surface area contributed by atoms with Crippen LogP contribution in [0.25, 0.3) is 0 Å². The highest BCUT2D eigenvalue weighted by Crippen LogP contribution is 2.19. The van der Waals surface area contributed by atoms with Crippen LogP contribution in [0.1, 0.15) is 18.0 Å². The Kier molecular flexibility index (Phi) is 2.22. The summed E-state index contributed by atoms with van der Waals surface area (Å²) in [6, 6.07) is -0.175. The predicted octanol–water partition coefficient (Wildman–Crippen LogP) is -1.54. The molecular weight excluding hydrogens is 186 g/mol. The Morgan fingerprint density at radius 1 is 1.43 bits per heavy atom. The van der Waals surface area contributed by atoms with Gasteiger partial charge in [-0.15, -0.1) is 0 Å². The van der Waals surface area contributed by atoms with Gasteiger partial charge in [0.05, 0.1) is 11.7 Å². The number of hydrogen-bond acceptors (Lipinski definition) is 4. The highest BCUT2D eigenvalue weighted by Gasteiger charge is 2.25. The zero-order valence-electron chi connectivity index (χ0n) is 7.41. The van der Waals surface area contributed by atoms with Gasteiger partial charge in [-0.05, 0) is 6.42 Å². The van der Waals surface area contributed by atoms with Crippen molar-refractivity contribution in [1.29, 1.82) is 0 Å². The maximum Gasteiger partial charge on any atom is 0.325 e. The van der Waals surface area contributed by atoms with E-state index in [4.69, 9.17) is 0 Å². The molecule has 76 valence electrons. The second-order valence-corrected chi connectivity index (χ2v) is 3.38. The smallest absolute Gasteiger partial charge is 0.325 e. The molecule has 0 bridgehead atoms. The van der Waals surface area contributed by atoms with E-state index in [1.54, 1.807) is 0 Å². The van der Waals surface area contributed by atoms with Crippen LogP contribution in [0.2, 0.25) is 0 Å². The number of hydrogen-bond donors (Lipinski definition) is 4. The van der Waals surface area contributed by atoms with Crippen LogP contribution < -0.4 is 16.6 Å². The molecule has 2 atom stereocenters. The molecule has 0 amide bonds. The molecular formula is C8H11N3O3. The van der Waals surface area contributed by atoms with Gasteiger partial charge < -0.3 is 15.4 Å². The van der Waals surface area contributed by atoms with Gasteiger partial charge in [-0.3, -0.25) is 9.78 Å². The normalized spacial score (nSPS) is 26.6. The molecule has 1 aliphatic rings. The molecule has 2 rings (SSSR count). The van der Waals surface area contributed by atoms with Crippen molar-refractivity contribution in [3.05, 3.63) is 32.6 Å². The highest BCUT2D eigenvalue weighted by atomic mass is 16.3. The van der Waals surface area contributed by atoms with Crippen molar-refractivity contribution in [3.63, 3.8) is 0 Å². The van der Waals surface area contributed by atoms with Crippen LogP contribution in [0.3, 0.4) is 0 Å². The topological polar surface area (TPSA) is 98.0 Å². The Bertz CT molecular complexity index is 436. The van der Waals surface area contributed by atoms with E-state index < -0.39 is 17.4 Å².